The molecule has 2 aromatic rings. The van der Waals surface area contributed by atoms with E-state index in [9.17, 15) is 4.79 Å². The van der Waals surface area contributed by atoms with Gasteiger partial charge in [0, 0.05) is 14.0 Å². The molecule has 0 radical (unpaired) electrons. The summed E-state index contributed by atoms with van der Waals surface area (Å²) in [5.74, 6) is 0.120. The Balaban J connectivity index is 1.96. The molecule has 0 unspecified atom stereocenters. The van der Waals surface area contributed by atoms with Crippen LogP contribution in [0.1, 0.15) is 0 Å². The molecule has 0 saturated heterocycles. The molecular formula is C14H9Br2Cl2NO2. The van der Waals surface area contributed by atoms with Gasteiger partial charge in [0.25, 0.3) is 5.91 Å². The van der Waals surface area contributed by atoms with Crippen molar-refractivity contribution in [3.05, 3.63) is 55.4 Å². The number of amides is 1. The largest absolute Gasteiger partial charge is 0.482 e. The van der Waals surface area contributed by atoms with E-state index in [1.807, 2.05) is 12.1 Å². The van der Waals surface area contributed by atoms with E-state index in [4.69, 9.17) is 27.9 Å². The predicted molar refractivity (Wildman–Crippen MR) is 92.4 cm³/mol. The first kappa shape index (κ1) is 16.6. The zero-order valence-corrected chi connectivity index (χ0v) is 15.2. The highest BCUT2D eigenvalue weighted by Crippen LogP contribution is 2.28. The van der Waals surface area contributed by atoms with Crippen molar-refractivity contribution in [2.75, 3.05) is 11.9 Å². The van der Waals surface area contributed by atoms with Crippen LogP contribution in [0.15, 0.2) is 45.3 Å². The Morgan fingerprint density at radius 3 is 2.57 bits per heavy atom. The summed E-state index contributed by atoms with van der Waals surface area (Å²) in [6.07, 6.45) is 0. The normalized spacial score (nSPS) is 10.3. The van der Waals surface area contributed by atoms with Crippen LogP contribution in [0.2, 0.25) is 10.0 Å². The fraction of sp³-hybridized carbons (Fsp3) is 0.0714. The average Bonchev–Trinajstić information content (AvgIpc) is 2.41. The van der Waals surface area contributed by atoms with Gasteiger partial charge in [-0.3, -0.25) is 4.79 Å². The summed E-state index contributed by atoms with van der Waals surface area (Å²) in [4.78, 5) is 11.9. The van der Waals surface area contributed by atoms with E-state index in [0.29, 0.717) is 21.5 Å². The first-order valence-electron chi connectivity index (χ1n) is 5.78. The molecule has 0 aromatic heterocycles. The van der Waals surface area contributed by atoms with Crippen LogP contribution in [0.4, 0.5) is 5.69 Å². The van der Waals surface area contributed by atoms with Gasteiger partial charge >= 0.3 is 0 Å². The van der Waals surface area contributed by atoms with Crippen molar-refractivity contribution in [2.24, 2.45) is 0 Å². The van der Waals surface area contributed by atoms with Crippen molar-refractivity contribution < 1.29 is 9.53 Å². The van der Waals surface area contributed by atoms with Crippen molar-refractivity contribution >= 4 is 66.7 Å². The minimum absolute atomic E-state index is 0.149. The molecule has 7 heteroatoms. The van der Waals surface area contributed by atoms with E-state index in [0.717, 1.165) is 8.95 Å². The third kappa shape index (κ3) is 4.88. The molecule has 21 heavy (non-hydrogen) atoms. The van der Waals surface area contributed by atoms with Crippen molar-refractivity contribution in [3.8, 4) is 5.75 Å². The molecule has 0 fully saturated rings. The van der Waals surface area contributed by atoms with Gasteiger partial charge in [0.1, 0.15) is 5.75 Å². The Kier molecular flexibility index (Phi) is 5.93. The van der Waals surface area contributed by atoms with Crippen LogP contribution in [0.5, 0.6) is 5.75 Å². The molecular weight excluding hydrogens is 445 g/mol. The SMILES string of the molecule is O=C(COc1ccc(Cl)cc1Cl)Nc1ccc(Br)cc1Br. The average molecular weight is 454 g/mol. The fourth-order valence-electron chi connectivity index (χ4n) is 1.51. The highest BCUT2D eigenvalue weighted by atomic mass is 79.9. The van der Waals surface area contributed by atoms with Gasteiger partial charge in [0.15, 0.2) is 6.61 Å². The lowest BCUT2D eigenvalue weighted by molar-refractivity contribution is -0.118. The van der Waals surface area contributed by atoms with Crippen molar-refractivity contribution in [1.82, 2.24) is 0 Å². The van der Waals surface area contributed by atoms with Crippen LogP contribution in [0.25, 0.3) is 0 Å². The highest BCUT2D eigenvalue weighted by Gasteiger charge is 2.09. The predicted octanol–water partition coefficient (Wildman–Crippen LogP) is 5.54. The van der Waals surface area contributed by atoms with Crippen LogP contribution < -0.4 is 10.1 Å². The summed E-state index contributed by atoms with van der Waals surface area (Å²) in [6, 6.07) is 10.3. The maximum atomic E-state index is 11.9. The summed E-state index contributed by atoms with van der Waals surface area (Å²) in [5.41, 5.74) is 0.661. The van der Waals surface area contributed by atoms with E-state index in [2.05, 4.69) is 37.2 Å². The van der Waals surface area contributed by atoms with E-state index in [-0.39, 0.29) is 12.5 Å². The zero-order valence-electron chi connectivity index (χ0n) is 10.5. The summed E-state index contributed by atoms with van der Waals surface area (Å²) >= 11 is 18.5. The summed E-state index contributed by atoms with van der Waals surface area (Å²) in [6.45, 7) is -0.149. The lowest BCUT2D eigenvalue weighted by Crippen LogP contribution is -2.20. The van der Waals surface area contributed by atoms with Crippen LogP contribution >= 0.6 is 55.1 Å². The monoisotopic (exact) mass is 451 g/mol. The minimum Gasteiger partial charge on any atom is -0.482 e. The summed E-state index contributed by atoms with van der Waals surface area (Å²) < 4.78 is 7.05. The third-order valence-corrected chi connectivity index (χ3v) is 4.14. The van der Waals surface area contributed by atoms with Gasteiger partial charge in [-0.05, 0) is 52.3 Å². The molecule has 0 atom stereocenters. The molecule has 1 amide bonds. The smallest absolute Gasteiger partial charge is 0.262 e. The molecule has 0 spiro atoms. The van der Waals surface area contributed by atoms with E-state index < -0.39 is 0 Å². The molecule has 2 rings (SSSR count). The summed E-state index contributed by atoms with van der Waals surface area (Å²) in [7, 11) is 0. The van der Waals surface area contributed by atoms with E-state index >= 15 is 0 Å². The Morgan fingerprint density at radius 2 is 1.90 bits per heavy atom. The molecule has 110 valence electrons. The summed E-state index contributed by atoms with van der Waals surface area (Å²) in [5, 5.41) is 3.61. The minimum atomic E-state index is -0.288. The number of hydrogen-bond acceptors (Lipinski definition) is 2. The van der Waals surface area contributed by atoms with Gasteiger partial charge in [-0.2, -0.15) is 0 Å². The van der Waals surface area contributed by atoms with Crippen molar-refractivity contribution in [3.63, 3.8) is 0 Å². The number of hydrogen-bond donors (Lipinski definition) is 1. The van der Waals surface area contributed by atoms with Crippen LogP contribution in [0.3, 0.4) is 0 Å². The lowest BCUT2D eigenvalue weighted by atomic mass is 10.3. The Morgan fingerprint density at radius 1 is 1.14 bits per heavy atom. The van der Waals surface area contributed by atoms with Crippen LogP contribution in [0, 0.1) is 0 Å². The van der Waals surface area contributed by atoms with E-state index in [1.165, 1.54) is 0 Å². The van der Waals surface area contributed by atoms with Gasteiger partial charge in [0.05, 0.1) is 10.7 Å². The van der Waals surface area contributed by atoms with Gasteiger partial charge in [-0.15, -0.1) is 0 Å². The maximum absolute atomic E-state index is 11.9. The van der Waals surface area contributed by atoms with Crippen molar-refractivity contribution in [1.29, 1.82) is 0 Å². The second-order valence-electron chi connectivity index (χ2n) is 4.04. The Hall–Kier alpha value is -0.750. The number of anilines is 1. The van der Waals surface area contributed by atoms with Crippen molar-refractivity contribution in [2.45, 2.75) is 0 Å². The van der Waals surface area contributed by atoms with Crippen LogP contribution in [-0.4, -0.2) is 12.5 Å². The number of carbonyl (C=O) groups is 1. The number of carbonyl (C=O) groups excluding carboxylic acids is 1. The molecule has 0 aliphatic carbocycles. The van der Waals surface area contributed by atoms with Crippen LogP contribution in [-0.2, 0) is 4.79 Å². The molecule has 0 aliphatic rings. The molecule has 0 saturated carbocycles. The number of rotatable bonds is 4. The second kappa shape index (κ2) is 7.49. The van der Waals surface area contributed by atoms with Gasteiger partial charge in [-0.1, -0.05) is 39.1 Å². The highest BCUT2D eigenvalue weighted by molar-refractivity contribution is 9.11. The Labute approximate surface area is 148 Å². The quantitative estimate of drug-likeness (QED) is 0.660. The molecule has 3 nitrogen and oxygen atoms in total. The zero-order chi connectivity index (χ0) is 15.4. The number of nitrogens with one attached hydrogen (secondary N) is 1. The fourth-order valence-corrected chi connectivity index (χ4v) is 3.12. The number of ether oxygens (including phenoxy) is 1. The molecule has 0 bridgehead atoms. The molecule has 0 aliphatic heterocycles. The van der Waals surface area contributed by atoms with Gasteiger partial charge < -0.3 is 10.1 Å². The maximum Gasteiger partial charge on any atom is 0.262 e. The Bertz CT molecular complexity index is 680. The van der Waals surface area contributed by atoms with Gasteiger partial charge in [-0.25, -0.2) is 0 Å². The third-order valence-electron chi connectivity index (χ3n) is 2.46. The lowest BCUT2D eigenvalue weighted by Gasteiger charge is -2.10. The van der Waals surface area contributed by atoms with E-state index in [1.54, 1.807) is 24.3 Å². The standard InChI is InChI=1S/C14H9Br2Cl2NO2/c15-8-1-3-12(10(16)5-8)19-14(20)7-21-13-4-2-9(17)6-11(13)18/h1-6H,7H2,(H,19,20). The first-order valence-corrected chi connectivity index (χ1v) is 8.12. The first-order chi connectivity index (χ1) is 9.95. The topological polar surface area (TPSA) is 38.3 Å². The number of benzene rings is 2. The molecule has 0 heterocycles. The van der Waals surface area contributed by atoms with Gasteiger partial charge in [0.2, 0.25) is 0 Å². The molecule has 1 N–H and O–H groups in total. The number of halogens is 4. The molecule has 2 aromatic carbocycles. The second-order valence-corrected chi connectivity index (χ2v) is 6.65.